The standard InChI is InChI=1S/C13H17ClO5/c1-7-2-3-8(4-9(7)14)5-10(16)12(18)13(19)11(17)6-15/h2-5,11-13,15-19H,6H2,1H3. The Morgan fingerprint density at radius 3 is 2.47 bits per heavy atom. The van der Waals surface area contributed by atoms with Crippen molar-refractivity contribution < 1.29 is 25.5 Å². The Kier molecular flexibility index (Phi) is 5.78. The van der Waals surface area contributed by atoms with Gasteiger partial charge in [-0.1, -0.05) is 23.7 Å². The third kappa shape index (κ3) is 4.19. The fourth-order valence-electron chi connectivity index (χ4n) is 1.45. The molecule has 19 heavy (non-hydrogen) atoms. The second-order valence-corrected chi connectivity index (χ2v) is 4.67. The molecule has 1 aromatic carbocycles. The number of aliphatic hydroxyl groups excluding tert-OH is 5. The molecule has 0 amide bonds. The predicted octanol–water partition coefficient (Wildman–Crippen LogP) is 0.622. The van der Waals surface area contributed by atoms with Gasteiger partial charge >= 0.3 is 0 Å². The van der Waals surface area contributed by atoms with Crippen LogP contribution >= 0.6 is 11.6 Å². The van der Waals surface area contributed by atoms with Crippen LogP contribution in [0.25, 0.3) is 6.08 Å². The van der Waals surface area contributed by atoms with E-state index in [1.54, 1.807) is 18.2 Å². The van der Waals surface area contributed by atoms with E-state index >= 15 is 0 Å². The number of aliphatic hydroxyl groups is 5. The highest BCUT2D eigenvalue weighted by Gasteiger charge is 2.26. The van der Waals surface area contributed by atoms with Crippen LogP contribution in [-0.2, 0) is 0 Å². The Balaban J connectivity index is 2.88. The molecule has 5 N–H and O–H groups in total. The minimum Gasteiger partial charge on any atom is -0.509 e. The number of hydrogen-bond acceptors (Lipinski definition) is 5. The number of rotatable bonds is 5. The van der Waals surface area contributed by atoms with Gasteiger partial charge in [0.2, 0.25) is 0 Å². The molecule has 0 aliphatic carbocycles. The van der Waals surface area contributed by atoms with E-state index < -0.39 is 30.7 Å². The third-order valence-electron chi connectivity index (χ3n) is 2.72. The Hall–Kier alpha value is -1.11. The first-order valence-electron chi connectivity index (χ1n) is 5.68. The maximum absolute atomic E-state index is 9.66. The lowest BCUT2D eigenvalue weighted by Crippen LogP contribution is -2.40. The summed E-state index contributed by atoms with van der Waals surface area (Å²) in [5.41, 5.74) is 1.41. The van der Waals surface area contributed by atoms with Crippen molar-refractivity contribution in [1.82, 2.24) is 0 Å². The van der Waals surface area contributed by atoms with Gasteiger partial charge in [-0.25, -0.2) is 0 Å². The number of benzene rings is 1. The van der Waals surface area contributed by atoms with Crippen LogP contribution < -0.4 is 0 Å². The number of halogens is 1. The molecule has 106 valence electrons. The van der Waals surface area contributed by atoms with E-state index in [0.717, 1.165) is 5.56 Å². The molecule has 0 aliphatic rings. The summed E-state index contributed by atoms with van der Waals surface area (Å²) in [7, 11) is 0. The van der Waals surface area contributed by atoms with E-state index in [1.165, 1.54) is 6.08 Å². The van der Waals surface area contributed by atoms with Crippen LogP contribution in [0.1, 0.15) is 11.1 Å². The summed E-state index contributed by atoms with van der Waals surface area (Å²) in [5.74, 6) is -0.528. The Morgan fingerprint density at radius 1 is 1.32 bits per heavy atom. The lowest BCUT2D eigenvalue weighted by Gasteiger charge is -2.20. The quantitative estimate of drug-likeness (QED) is 0.511. The average molecular weight is 289 g/mol. The van der Waals surface area contributed by atoms with E-state index in [2.05, 4.69) is 0 Å². The lowest BCUT2D eigenvalue weighted by molar-refractivity contribution is -0.0735. The number of aryl methyl sites for hydroxylation is 1. The van der Waals surface area contributed by atoms with Gasteiger partial charge in [-0.3, -0.25) is 0 Å². The molecule has 3 unspecified atom stereocenters. The predicted molar refractivity (Wildman–Crippen MR) is 71.9 cm³/mol. The molecule has 0 saturated carbocycles. The Labute approximate surface area is 116 Å². The van der Waals surface area contributed by atoms with Gasteiger partial charge in [0.1, 0.15) is 24.1 Å². The molecule has 1 rings (SSSR count). The van der Waals surface area contributed by atoms with Gasteiger partial charge in [-0.15, -0.1) is 0 Å². The molecule has 0 heterocycles. The monoisotopic (exact) mass is 288 g/mol. The van der Waals surface area contributed by atoms with Gasteiger partial charge in [0.15, 0.2) is 0 Å². The zero-order chi connectivity index (χ0) is 14.6. The molecule has 0 spiro atoms. The molecule has 0 radical (unpaired) electrons. The molecular formula is C13H17ClO5. The highest BCUT2D eigenvalue weighted by atomic mass is 35.5. The van der Waals surface area contributed by atoms with Gasteiger partial charge in [0.25, 0.3) is 0 Å². The van der Waals surface area contributed by atoms with E-state index in [0.29, 0.717) is 10.6 Å². The fourth-order valence-corrected chi connectivity index (χ4v) is 1.64. The molecular weight excluding hydrogens is 272 g/mol. The molecule has 3 atom stereocenters. The smallest absolute Gasteiger partial charge is 0.139 e. The topological polar surface area (TPSA) is 101 Å². The van der Waals surface area contributed by atoms with Gasteiger partial charge < -0.3 is 25.5 Å². The second kappa shape index (κ2) is 6.88. The van der Waals surface area contributed by atoms with Crippen molar-refractivity contribution >= 4 is 17.7 Å². The van der Waals surface area contributed by atoms with Gasteiger partial charge in [-0.2, -0.15) is 0 Å². The second-order valence-electron chi connectivity index (χ2n) is 4.26. The van der Waals surface area contributed by atoms with Crippen LogP contribution in [0.5, 0.6) is 0 Å². The molecule has 0 fully saturated rings. The minimum absolute atomic E-state index is 0.506. The zero-order valence-electron chi connectivity index (χ0n) is 10.4. The summed E-state index contributed by atoms with van der Waals surface area (Å²) < 4.78 is 0. The lowest BCUT2D eigenvalue weighted by atomic mass is 10.0. The first-order valence-corrected chi connectivity index (χ1v) is 6.06. The van der Waals surface area contributed by atoms with Gasteiger partial charge in [0, 0.05) is 5.02 Å². The van der Waals surface area contributed by atoms with E-state index in [4.69, 9.17) is 16.7 Å². The first kappa shape index (κ1) is 15.9. The van der Waals surface area contributed by atoms with Crippen LogP contribution in [0.4, 0.5) is 0 Å². The largest absolute Gasteiger partial charge is 0.509 e. The Bertz CT molecular complexity index is 460. The molecule has 0 aromatic heterocycles. The van der Waals surface area contributed by atoms with E-state index in [1.807, 2.05) is 6.92 Å². The molecule has 6 heteroatoms. The molecule has 0 saturated heterocycles. The van der Waals surface area contributed by atoms with Crippen molar-refractivity contribution in [1.29, 1.82) is 0 Å². The normalized spacial score (nSPS) is 17.1. The summed E-state index contributed by atoms with van der Waals surface area (Å²) in [6.45, 7) is 1.10. The Morgan fingerprint density at radius 2 is 1.95 bits per heavy atom. The minimum atomic E-state index is -1.69. The van der Waals surface area contributed by atoms with Gasteiger partial charge in [0.05, 0.1) is 6.61 Å². The average Bonchev–Trinajstić information content (AvgIpc) is 2.40. The summed E-state index contributed by atoms with van der Waals surface area (Å²) in [5, 5.41) is 47.0. The number of hydrogen-bond donors (Lipinski definition) is 5. The van der Waals surface area contributed by atoms with E-state index in [9.17, 15) is 20.4 Å². The highest BCUT2D eigenvalue weighted by molar-refractivity contribution is 6.31. The van der Waals surface area contributed by atoms with Crippen molar-refractivity contribution in [2.45, 2.75) is 25.2 Å². The fraction of sp³-hybridized carbons (Fsp3) is 0.385. The van der Waals surface area contributed by atoms with Crippen LogP contribution in [0, 0.1) is 6.92 Å². The van der Waals surface area contributed by atoms with Crippen LogP contribution in [-0.4, -0.2) is 50.5 Å². The van der Waals surface area contributed by atoms with Crippen molar-refractivity contribution in [3.8, 4) is 0 Å². The summed E-state index contributed by atoms with van der Waals surface area (Å²) >= 11 is 5.92. The van der Waals surface area contributed by atoms with Crippen LogP contribution in [0.3, 0.4) is 0 Å². The summed E-state index contributed by atoms with van der Waals surface area (Å²) in [6.07, 6.45) is -3.68. The van der Waals surface area contributed by atoms with Crippen molar-refractivity contribution in [3.05, 3.63) is 40.1 Å². The molecule has 0 bridgehead atoms. The zero-order valence-corrected chi connectivity index (χ0v) is 11.1. The summed E-state index contributed by atoms with van der Waals surface area (Å²) in [4.78, 5) is 0. The van der Waals surface area contributed by atoms with Crippen molar-refractivity contribution in [2.75, 3.05) is 6.61 Å². The van der Waals surface area contributed by atoms with Crippen LogP contribution in [0.15, 0.2) is 24.0 Å². The molecule has 0 aliphatic heterocycles. The van der Waals surface area contributed by atoms with Crippen molar-refractivity contribution in [2.24, 2.45) is 0 Å². The van der Waals surface area contributed by atoms with Crippen LogP contribution in [0.2, 0.25) is 5.02 Å². The van der Waals surface area contributed by atoms with Crippen molar-refractivity contribution in [3.63, 3.8) is 0 Å². The van der Waals surface area contributed by atoms with Gasteiger partial charge in [-0.05, 0) is 30.2 Å². The maximum Gasteiger partial charge on any atom is 0.139 e. The maximum atomic E-state index is 9.66. The summed E-state index contributed by atoms with van der Waals surface area (Å²) in [6, 6.07) is 5.01. The third-order valence-corrected chi connectivity index (χ3v) is 3.13. The SMILES string of the molecule is Cc1ccc(C=C(O)C(O)C(O)C(O)CO)cc1Cl. The van der Waals surface area contributed by atoms with E-state index in [-0.39, 0.29) is 0 Å². The highest BCUT2D eigenvalue weighted by Crippen LogP contribution is 2.19. The molecule has 1 aromatic rings. The first-order chi connectivity index (χ1) is 8.86. The molecule has 5 nitrogen and oxygen atoms in total.